The van der Waals surface area contributed by atoms with Gasteiger partial charge < -0.3 is 9.73 Å². The van der Waals surface area contributed by atoms with Gasteiger partial charge in [-0.05, 0) is 60.9 Å². The second-order valence-corrected chi connectivity index (χ2v) is 9.38. The number of nitrogens with zero attached hydrogens (tertiary/aromatic N) is 1. The molecule has 3 aromatic carbocycles. The molecule has 2 atom stereocenters. The molecule has 0 fully saturated rings. The Morgan fingerprint density at radius 1 is 1.00 bits per heavy atom. The summed E-state index contributed by atoms with van der Waals surface area (Å²) in [7, 11) is 0. The summed E-state index contributed by atoms with van der Waals surface area (Å²) in [6.45, 7) is 2.02. The van der Waals surface area contributed by atoms with Crippen LogP contribution in [0.3, 0.4) is 0 Å². The van der Waals surface area contributed by atoms with E-state index in [1.807, 2.05) is 79.7 Å². The van der Waals surface area contributed by atoms with Gasteiger partial charge in [-0.3, -0.25) is 4.79 Å². The number of thioether (sulfide) groups is 1. The molecule has 0 radical (unpaired) electrons. The van der Waals surface area contributed by atoms with Crippen molar-refractivity contribution in [3.63, 3.8) is 0 Å². The highest BCUT2D eigenvalue weighted by atomic mass is 35.5. The number of para-hydroxylation sites is 2. The number of fused-ring (bicyclic) bond motifs is 1. The van der Waals surface area contributed by atoms with Crippen LogP contribution in [0.4, 0.5) is 0 Å². The molecule has 2 unspecified atom stereocenters. The highest BCUT2D eigenvalue weighted by Gasteiger charge is 2.22. The van der Waals surface area contributed by atoms with E-state index in [4.69, 9.17) is 27.6 Å². The lowest BCUT2D eigenvalue weighted by Crippen LogP contribution is -2.38. The molecule has 4 rings (SSSR count). The number of amides is 1. The van der Waals surface area contributed by atoms with E-state index in [2.05, 4.69) is 10.3 Å². The van der Waals surface area contributed by atoms with Gasteiger partial charge in [-0.2, -0.15) is 0 Å². The summed E-state index contributed by atoms with van der Waals surface area (Å²) in [5, 5.41) is 5.02. The highest BCUT2D eigenvalue weighted by molar-refractivity contribution is 7.99. The van der Waals surface area contributed by atoms with Crippen molar-refractivity contribution in [2.24, 2.45) is 0 Å². The number of hydrogen-bond acceptors (Lipinski definition) is 4. The number of rotatable bonds is 8. The summed E-state index contributed by atoms with van der Waals surface area (Å²) in [6.07, 6.45) is 0.762. The van der Waals surface area contributed by atoms with Crippen molar-refractivity contribution in [3.8, 4) is 0 Å². The fraction of sp³-hybridized carbons (Fsp3) is 0.200. The number of oxazole rings is 1. The Hall–Kier alpha value is -2.47. The van der Waals surface area contributed by atoms with Gasteiger partial charge in [-0.25, -0.2) is 4.98 Å². The molecule has 0 spiro atoms. The Labute approximate surface area is 201 Å². The molecular formula is C25H22Cl2N2O2S. The van der Waals surface area contributed by atoms with Crippen molar-refractivity contribution >= 4 is 52.0 Å². The van der Waals surface area contributed by atoms with Crippen LogP contribution >= 0.6 is 35.0 Å². The van der Waals surface area contributed by atoms with E-state index in [0.717, 1.165) is 28.6 Å². The van der Waals surface area contributed by atoms with E-state index in [1.165, 1.54) is 11.8 Å². The van der Waals surface area contributed by atoms with Gasteiger partial charge in [0.25, 0.3) is 5.22 Å². The predicted octanol–water partition coefficient (Wildman–Crippen LogP) is 6.76. The molecule has 32 heavy (non-hydrogen) atoms. The summed E-state index contributed by atoms with van der Waals surface area (Å²) in [4.78, 5) is 17.1. The van der Waals surface area contributed by atoms with Crippen LogP contribution in [0.5, 0.6) is 0 Å². The summed E-state index contributed by atoms with van der Waals surface area (Å²) in [5.74, 6) is 0.234. The van der Waals surface area contributed by atoms with E-state index in [9.17, 15) is 4.79 Å². The van der Waals surface area contributed by atoms with Crippen molar-refractivity contribution in [1.82, 2.24) is 10.3 Å². The zero-order valence-corrected chi connectivity index (χ0v) is 19.8. The Morgan fingerprint density at radius 3 is 2.34 bits per heavy atom. The van der Waals surface area contributed by atoms with Crippen LogP contribution < -0.4 is 5.32 Å². The molecule has 1 amide bonds. The molecule has 0 aliphatic heterocycles. The van der Waals surface area contributed by atoms with Crippen molar-refractivity contribution in [1.29, 1.82) is 0 Å². The van der Waals surface area contributed by atoms with Gasteiger partial charge >= 0.3 is 0 Å². The standard InChI is InChI=1S/C25H22Cl2N2O2S/c1-16(28-24(30)15-32-25-29-22-4-2-3-5-23(22)31-25)21(18-8-12-20(27)13-9-18)14-17-6-10-19(26)11-7-17/h2-13,16,21H,14-15H2,1H3,(H,28,30). The average molecular weight is 485 g/mol. The third-order valence-corrected chi connectivity index (χ3v) is 6.59. The second-order valence-electron chi connectivity index (χ2n) is 7.58. The Balaban J connectivity index is 1.43. The smallest absolute Gasteiger partial charge is 0.257 e. The van der Waals surface area contributed by atoms with Crippen LogP contribution in [0.1, 0.15) is 24.0 Å². The molecule has 1 aromatic heterocycles. The van der Waals surface area contributed by atoms with Gasteiger partial charge in [0.1, 0.15) is 5.52 Å². The number of carbonyl (C=O) groups excluding carboxylic acids is 1. The number of aromatic nitrogens is 1. The zero-order valence-electron chi connectivity index (χ0n) is 17.4. The van der Waals surface area contributed by atoms with Gasteiger partial charge in [0.15, 0.2) is 5.58 Å². The van der Waals surface area contributed by atoms with Crippen molar-refractivity contribution < 1.29 is 9.21 Å². The highest BCUT2D eigenvalue weighted by Crippen LogP contribution is 2.27. The molecule has 4 nitrogen and oxygen atoms in total. The largest absolute Gasteiger partial charge is 0.431 e. The summed E-state index contributed by atoms with van der Waals surface area (Å²) < 4.78 is 5.69. The van der Waals surface area contributed by atoms with Crippen molar-refractivity contribution in [2.45, 2.75) is 30.5 Å². The van der Waals surface area contributed by atoms with Gasteiger partial charge in [0.2, 0.25) is 5.91 Å². The maximum Gasteiger partial charge on any atom is 0.257 e. The third kappa shape index (κ3) is 5.85. The minimum absolute atomic E-state index is 0.0696. The molecule has 1 heterocycles. The zero-order chi connectivity index (χ0) is 22.5. The fourth-order valence-electron chi connectivity index (χ4n) is 3.60. The molecule has 0 saturated heterocycles. The summed E-state index contributed by atoms with van der Waals surface area (Å²) >= 11 is 13.4. The molecule has 7 heteroatoms. The van der Waals surface area contributed by atoms with Gasteiger partial charge in [-0.15, -0.1) is 0 Å². The molecule has 0 saturated carbocycles. The van der Waals surface area contributed by atoms with E-state index in [-0.39, 0.29) is 23.6 Å². The first-order chi connectivity index (χ1) is 15.5. The van der Waals surface area contributed by atoms with Crippen LogP contribution in [0.15, 0.2) is 82.4 Å². The lowest BCUT2D eigenvalue weighted by molar-refractivity contribution is -0.119. The number of benzene rings is 3. The maximum absolute atomic E-state index is 12.7. The quantitative estimate of drug-likeness (QED) is 0.280. The number of carbonyl (C=O) groups is 1. The fourth-order valence-corrected chi connectivity index (χ4v) is 4.51. The van der Waals surface area contributed by atoms with Gasteiger partial charge in [0.05, 0.1) is 5.75 Å². The van der Waals surface area contributed by atoms with Crippen LogP contribution in [0.25, 0.3) is 11.1 Å². The molecule has 1 N–H and O–H groups in total. The Kier molecular flexibility index (Phi) is 7.40. The molecule has 0 aliphatic rings. The lowest BCUT2D eigenvalue weighted by Gasteiger charge is -2.26. The van der Waals surface area contributed by atoms with Crippen LogP contribution in [-0.4, -0.2) is 22.7 Å². The average Bonchev–Trinajstić information content (AvgIpc) is 3.21. The van der Waals surface area contributed by atoms with E-state index >= 15 is 0 Å². The molecule has 0 bridgehead atoms. The van der Waals surface area contributed by atoms with Crippen molar-refractivity contribution in [3.05, 3.63) is 94.0 Å². The minimum Gasteiger partial charge on any atom is -0.431 e. The molecular weight excluding hydrogens is 463 g/mol. The molecule has 0 aliphatic carbocycles. The number of hydrogen-bond donors (Lipinski definition) is 1. The first-order valence-corrected chi connectivity index (χ1v) is 12.0. The predicted molar refractivity (Wildman–Crippen MR) is 132 cm³/mol. The first kappa shape index (κ1) is 22.7. The minimum atomic E-state index is -0.0939. The topological polar surface area (TPSA) is 55.1 Å². The number of nitrogens with one attached hydrogen (secondary N) is 1. The van der Waals surface area contributed by atoms with Crippen LogP contribution in [0, 0.1) is 0 Å². The summed E-state index contributed by atoms with van der Waals surface area (Å²) in [5.41, 5.74) is 3.77. The maximum atomic E-state index is 12.7. The third-order valence-electron chi connectivity index (χ3n) is 5.26. The van der Waals surface area contributed by atoms with Gasteiger partial charge in [0, 0.05) is 22.0 Å². The summed E-state index contributed by atoms with van der Waals surface area (Å²) in [6, 6.07) is 23.0. The monoisotopic (exact) mass is 484 g/mol. The molecule has 4 aromatic rings. The van der Waals surface area contributed by atoms with Crippen LogP contribution in [-0.2, 0) is 11.2 Å². The van der Waals surface area contributed by atoms with Gasteiger partial charge in [-0.1, -0.05) is 71.4 Å². The number of halogens is 2. The van der Waals surface area contributed by atoms with Crippen molar-refractivity contribution in [2.75, 3.05) is 5.75 Å². The first-order valence-electron chi connectivity index (χ1n) is 10.3. The molecule has 164 valence electrons. The second kappa shape index (κ2) is 10.4. The van der Waals surface area contributed by atoms with Crippen LogP contribution in [0.2, 0.25) is 10.0 Å². The van der Waals surface area contributed by atoms with E-state index in [0.29, 0.717) is 15.3 Å². The Bertz CT molecular complexity index is 1160. The lowest BCUT2D eigenvalue weighted by atomic mass is 9.86. The normalized spacial score (nSPS) is 13.1. The SMILES string of the molecule is CC(NC(=O)CSc1nc2ccccc2o1)C(Cc1ccc(Cl)cc1)c1ccc(Cl)cc1. The van der Waals surface area contributed by atoms with E-state index < -0.39 is 0 Å². The Morgan fingerprint density at radius 2 is 1.66 bits per heavy atom. The van der Waals surface area contributed by atoms with E-state index in [1.54, 1.807) is 0 Å².